The maximum Gasteiger partial charge on any atom is 0.251 e. The molecule has 0 bridgehead atoms. The summed E-state index contributed by atoms with van der Waals surface area (Å²) in [6, 6.07) is 14.6. The minimum Gasteiger partial charge on any atom is -0.490 e. The van der Waals surface area contributed by atoms with Crippen LogP contribution in [0.3, 0.4) is 0 Å². The minimum absolute atomic E-state index is 0.0541. The third-order valence-electron chi connectivity index (χ3n) is 7.77. The first kappa shape index (κ1) is 24.4. The molecule has 2 aromatic carbocycles. The highest BCUT2D eigenvalue weighted by Crippen LogP contribution is 2.35. The zero-order valence-corrected chi connectivity index (χ0v) is 21.2. The Balaban J connectivity index is 1.15. The van der Waals surface area contributed by atoms with E-state index in [1.807, 2.05) is 41.3 Å². The molecule has 6 rings (SSSR count). The average molecular weight is 515 g/mol. The number of benzene rings is 2. The molecule has 0 spiro atoms. The van der Waals surface area contributed by atoms with Crippen LogP contribution in [-0.4, -0.2) is 47.4 Å². The van der Waals surface area contributed by atoms with Crippen molar-refractivity contribution in [3.05, 3.63) is 65.6 Å². The average Bonchev–Trinajstić information content (AvgIpc) is 3.74. The highest BCUT2D eigenvalue weighted by molar-refractivity contribution is 5.97. The van der Waals surface area contributed by atoms with Crippen molar-refractivity contribution in [2.45, 2.75) is 44.6 Å². The fourth-order valence-corrected chi connectivity index (χ4v) is 5.36. The summed E-state index contributed by atoms with van der Waals surface area (Å²) in [6.07, 6.45) is 5.46. The number of amides is 2. The van der Waals surface area contributed by atoms with E-state index in [1.54, 1.807) is 12.1 Å². The number of pyridine rings is 1. The van der Waals surface area contributed by atoms with Crippen LogP contribution in [-0.2, 0) is 11.2 Å². The Kier molecular flexibility index (Phi) is 6.47. The van der Waals surface area contributed by atoms with Gasteiger partial charge in [-0.3, -0.25) is 9.59 Å². The Hall–Kier alpha value is -3.94. The summed E-state index contributed by atoms with van der Waals surface area (Å²) in [5.41, 5.74) is 10.1. The van der Waals surface area contributed by atoms with Crippen molar-refractivity contribution in [1.82, 2.24) is 15.2 Å². The molecule has 2 amide bonds. The Labute approximate surface area is 221 Å². The van der Waals surface area contributed by atoms with E-state index in [1.165, 1.54) is 12.8 Å². The Morgan fingerprint density at radius 1 is 1.00 bits per heavy atom. The van der Waals surface area contributed by atoms with Crippen molar-refractivity contribution in [2.75, 3.05) is 25.4 Å². The van der Waals surface area contributed by atoms with Crippen molar-refractivity contribution in [3.63, 3.8) is 0 Å². The van der Waals surface area contributed by atoms with Crippen molar-refractivity contribution in [3.8, 4) is 28.0 Å². The van der Waals surface area contributed by atoms with Crippen molar-refractivity contribution < 1.29 is 18.7 Å². The van der Waals surface area contributed by atoms with Gasteiger partial charge < -0.3 is 20.7 Å². The van der Waals surface area contributed by atoms with E-state index in [-0.39, 0.29) is 23.7 Å². The van der Waals surface area contributed by atoms with Gasteiger partial charge in [0.25, 0.3) is 5.91 Å². The van der Waals surface area contributed by atoms with Crippen molar-refractivity contribution in [2.24, 2.45) is 5.92 Å². The number of nitrogens with zero attached hydrogens (tertiary/aromatic N) is 2. The number of nitrogens with two attached hydrogens (primary N) is 1. The molecule has 38 heavy (non-hydrogen) atoms. The minimum atomic E-state index is -0.638. The number of fused-ring (bicyclic) bond motifs is 1. The van der Waals surface area contributed by atoms with E-state index < -0.39 is 5.95 Å². The third kappa shape index (κ3) is 5.08. The molecule has 8 heteroatoms. The van der Waals surface area contributed by atoms with Gasteiger partial charge in [-0.1, -0.05) is 24.3 Å². The number of nitrogens with one attached hydrogen (secondary N) is 1. The lowest BCUT2D eigenvalue weighted by Gasteiger charge is -2.32. The van der Waals surface area contributed by atoms with Crippen LogP contribution in [0.2, 0.25) is 0 Å². The maximum atomic E-state index is 14.9. The molecule has 1 aliphatic carbocycles. The number of nitrogen functional groups attached to an aromatic ring is 1. The molecule has 1 aromatic heterocycles. The maximum absolute atomic E-state index is 14.9. The normalized spacial score (nSPS) is 17.6. The van der Waals surface area contributed by atoms with Gasteiger partial charge in [-0.25, -0.2) is 4.98 Å². The molecule has 0 radical (unpaired) electrons. The number of carbonyl (C=O) groups excluding carboxylic acids is 2. The first-order chi connectivity index (χ1) is 18.4. The Morgan fingerprint density at radius 2 is 1.74 bits per heavy atom. The van der Waals surface area contributed by atoms with Gasteiger partial charge in [0.2, 0.25) is 11.9 Å². The van der Waals surface area contributed by atoms with Gasteiger partial charge in [0.05, 0.1) is 0 Å². The zero-order chi connectivity index (χ0) is 26.2. The second kappa shape index (κ2) is 10.1. The summed E-state index contributed by atoms with van der Waals surface area (Å²) in [7, 11) is 0. The highest BCUT2D eigenvalue weighted by Gasteiger charge is 2.29. The van der Waals surface area contributed by atoms with Gasteiger partial charge in [0.15, 0.2) is 0 Å². The van der Waals surface area contributed by atoms with Crippen molar-refractivity contribution >= 4 is 17.6 Å². The number of likely N-dealkylation sites (tertiary alicyclic amines) is 1. The van der Waals surface area contributed by atoms with Gasteiger partial charge in [-0.2, -0.15) is 4.39 Å². The molecule has 1 saturated heterocycles. The third-order valence-corrected chi connectivity index (χ3v) is 7.77. The van der Waals surface area contributed by atoms with Crippen LogP contribution in [0.1, 0.15) is 48.0 Å². The topological polar surface area (TPSA) is 97.6 Å². The van der Waals surface area contributed by atoms with E-state index in [0.29, 0.717) is 46.9 Å². The zero-order valence-electron chi connectivity index (χ0n) is 21.2. The number of rotatable bonds is 6. The molecular weight excluding hydrogens is 483 g/mol. The van der Waals surface area contributed by atoms with Crippen molar-refractivity contribution in [1.29, 1.82) is 0 Å². The number of carbonyl (C=O) groups is 2. The summed E-state index contributed by atoms with van der Waals surface area (Å²) in [4.78, 5) is 30.4. The van der Waals surface area contributed by atoms with E-state index in [0.717, 1.165) is 43.5 Å². The first-order valence-electron chi connectivity index (χ1n) is 13.4. The van der Waals surface area contributed by atoms with Crippen LogP contribution in [0, 0.1) is 11.9 Å². The molecule has 3 heterocycles. The first-order valence-corrected chi connectivity index (χ1v) is 13.4. The second-order valence-electron chi connectivity index (χ2n) is 10.5. The molecule has 0 unspecified atom stereocenters. The smallest absolute Gasteiger partial charge is 0.251 e. The number of anilines is 1. The van der Waals surface area contributed by atoms with E-state index in [4.69, 9.17) is 10.5 Å². The summed E-state index contributed by atoms with van der Waals surface area (Å²) in [6.45, 7) is 2.04. The number of hydrogen-bond acceptors (Lipinski definition) is 5. The molecular formula is C30H31FN4O3. The number of halogens is 1. The lowest BCUT2D eigenvalue weighted by Crippen LogP contribution is -2.41. The van der Waals surface area contributed by atoms with Gasteiger partial charge >= 0.3 is 0 Å². The van der Waals surface area contributed by atoms with Gasteiger partial charge in [-0.15, -0.1) is 0 Å². The number of aromatic nitrogens is 1. The van der Waals surface area contributed by atoms with Crippen LogP contribution >= 0.6 is 0 Å². The predicted octanol–water partition coefficient (Wildman–Crippen LogP) is 4.59. The van der Waals surface area contributed by atoms with Crippen LogP contribution in [0.25, 0.3) is 22.3 Å². The predicted molar refractivity (Wildman–Crippen MR) is 143 cm³/mol. The Bertz CT molecular complexity index is 1380. The summed E-state index contributed by atoms with van der Waals surface area (Å²) in [5.74, 6) is 0.976. The monoisotopic (exact) mass is 514 g/mol. The quantitative estimate of drug-likeness (QED) is 0.469. The molecule has 0 atom stereocenters. The summed E-state index contributed by atoms with van der Waals surface area (Å²) < 4.78 is 21.1. The molecule has 3 aromatic rings. The molecule has 2 fully saturated rings. The number of ether oxygens (including phenoxy) is 1. The largest absolute Gasteiger partial charge is 0.490 e. The summed E-state index contributed by atoms with van der Waals surface area (Å²) in [5, 5.41) is 2.84. The van der Waals surface area contributed by atoms with Gasteiger partial charge in [0.1, 0.15) is 17.7 Å². The lowest BCUT2D eigenvalue weighted by molar-refractivity contribution is -0.133. The van der Waals surface area contributed by atoms with E-state index in [9.17, 15) is 14.0 Å². The van der Waals surface area contributed by atoms with Gasteiger partial charge in [-0.05, 0) is 66.1 Å². The molecule has 7 nitrogen and oxygen atoms in total. The fourth-order valence-electron chi connectivity index (χ4n) is 5.36. The fraction of sp³-hybridized carbons (Fsp3) is 0.367. The molecule has 3 N–H and O–H groups in total. The van der Waals surface area contributed by atoms with Crippen LogP contribution < -0.4 is 15.8 Å². The second-order valence-corrected chi connectivity index (χ2v) is 10.5. The molecule has 3 aliphatic rings. The molecule has 1 saturated carbocycles. The number of hydrogen-bond donors (Lipinski definition) is 2. The van der Waals surface area contributed by atoms with Gasteiger partial charge in [0, 0.05) is 55.6 Å². The summed E-state index contributed by atoms with van der Waals surface area (Å²) >= 11 is 0. The van der Waals surface area contributed by atoms with Crippen LogP contribution in [0.5, 0.6) is 5.75 Å². The standard InChI is InChI=1S/C30H31FN4O3/c31-28-25(17-26(29(32)34-28)20-5-8-24-21(16-20)9-12-33-30(24)37)19-3-6-22(7-4-19)38-23-10-13-35(14-11-23)27(36)15-18-1-2-18/h3-8,16-18,23H,1-2,9-15H2,(H2,32,34)(H,33,37). The molecule has 196 valence electrons. The van der Waals surface area contributed by atoms with Crippen LogP contribution in [0.4, 0.5) is 10.2 Å². The Morgan fingerprint density at radius 3 is 2.47 bits per heavy atom. The lowest BCUT2D eigenvalue weighted by atomic mass is 9.94. The molecule has 2 aliphatic heterocycles. The van der Waals surface area contributed by atoms with Crippen LogP contribution in [0.15, 0.2) is 48.5 Å². The van der Waals surface area contributed by atoms with E-state index >= 15 is 0 Å². The number of piperidine rings is 1. The SMILES string of the molecule is Nc1nc(F)c(-c2ccc(OC3CCN(C(=O)CC4CC4)CC3)cc2)cc1-c1ccc2c(c1)CCNC2=O. The van der Waals surface area contributed by atoms with E-state index in [2.05, 4.69) is 10.3 Å². The highest BCUT2D eigenvalue weighted by atomic mass is 19.1.